The third kappa shape index (κ3) is 3.33. The largest absolute Gasteiger partial charge is 0.307 e. The molecular formula is C14H12BrIN2O. The zero-order valence-electron chi connectivity index (χ0n) is 10.5. The van der Waals surface area contributed by atoms with Gasteiger partial charge in [-0.1, -0.05) is 12.1 Å². The zero-order valence-corrected chi connectivity index (χ0v) is 14.2. The number of carbonyl (C=O) groups is 1. The number of halogens is 2. The standard InChI is InChI=1S/C14H12BrIN2O/c1-8-4-3-5-10(13(8)16)14(19)18-12-6-9(2)11(15)7-17-12/h3-7H,1-2H3,(H,17,18,19). The number of nitrogens with one attached hydrogen (secondary N) is 1. The Labute approximate surface area is 134 Å². The molecular weight excluding hydrogens is 419 g/mol. The number of rotatable bonds is 2. The van der Waals surface area contributed by atoms with E-state index in [9.17, 15) is 4.79 Å². The number of hydrogen-bond donors (Lipinski definition) is 1. The predicted octanol–water partition coefficient (Wildman–Crippen LogP) is 4.32. The van der Waals surface area contributed by atoms with E-state index in [1.165, 1.54) is 0 Å². The van der Waals surface area contributed by atoms with Crippen molar-refractivity contribution in [3.05, 3.63) is 55.2 Å². The molecule has 1 N–H and O–H groups in total. The van der Waals surface area contributed by atoms with E-state index >= 15 is 0 Å². The lowest BCUT2D eigenvalue weighted by molar-refractivity contribution is 0.102. The van der Waals surface area contributed by atoms with Gasteiger partial charge >= 0.3 is 0 Å². The molecule has 0 bridgehead atoms. The fraction of sp³-hybridized carbons (Fsp3) is 0.143. The van der Waals surface area contributed by atoms with Gasteiger partial charge in [-0.05, 0) is 75.6 Å². The highest BCUT2D eigenvalue weighted by Gasteiger charge is 2.12. The smallest absolute Gasteiger partial charge is 0.257 e. The summed E-state index contributed by atoms with van der Waals surface area (Å²) >= 11 is 5.57. The van der Waals surface area contributed by atoms with Crippen molar-refractivity contribution in [3.63, 3.8) is 0 Å². The van der Waals surface area contributed by atoms with Crippen LogP contribution in [0.5, 0.6) is 0 Å². The molecule has 1 amide bonds. The molecule has 0 aliphatic heterocycles. The first-order valence-electron chi connectivity index (χ1n) is 5.67. The number of hydrogen-bond acceptors (Lipinski definition) is 2. The second-order valence-corrected chi connectivity index (χ2v) is 6.14. The minimum Gasteiger partial charge on any atom is -0.307 e. The summed E-state index contributed by atoms with van der Waals surface area (Å²) in [6.07, 6.45) is 1.69. The van der Waals surface area contributed by atoms with Gasteiger partial charge in [0.1, 0.15) is 5.82 Å². The lowest BCUT2D eigenvalue weighted by Crippen LogP contribution is -2.15. The van der Waals surface area contributed by atoms with E-state index in [0.717, 1.165) is 19.2 Å². The third-order valence-corrected chi connectivity index (χ3v) is 4.99. The Morgan fingerprint density at radius 2 is 2.05 bits per heavy atom. The van der Waals surface area contributed by atoms with Crippen molar-refractivity contribution in [2.24, 2.45) is 0 Å². The molecule has 0 aliphatic carbocycles. The summed E-state index contributed by atoms with van der Waals surface area (Å²) in [6.45, 7) is 3.94. The molecule has 0 unspecified atom stereocenters. The first-order chi connectivity index (χ1) is 8.99. The van der Waals surface area contributed by atoms with Crippen LogP contribution in [0.2, 0.25) is 0 Å². The summed E-state index contributed by atoms with van der Waals surface area (Å²) < 4.78 is 1.89. The highest BCUT2D eigenvalue weighted by Crippen LogP contribution is 2.20. The maximum Gasteiger partial charge on any atom is 0.257 e. The van der Waals surface area contributed by atoms with Crippen molar-refractivity contribution in [2.45, 2.75) is 13.8 Å². The Balaban J connectivity index is 2.26. The molecule has 2 rings (SSSR count). The molecule has 5 heteroatoms. The molecule has 98 valence electrons. The number of nitrogens with zero attached hydrogens (tertiary/aromatic N) is 1. The summed E-state index contributed by atoms with van der Waals surface area (Å²) in [5.41, 5.74) is 2.79. The van der Waals surface area contributed by atoms with Crippen molar-refractivity contribution in [1.29, 1.82) is 0 Å². The summed E-state index contributed by atoms with van der Waals surface area (Å²) in [5.74, 6) is 0.422. The molecule has 0 atom stereocenters. The van der Waals surface area contributed by atoms with Gasteiger partial charge in [0.25, 0.3) is 5.91 Å². The maximum absolute atomic E-state index is 12.2. The quantitative estimate of drug-likeness (QED) is 0.721. The number of aromatic nitrogens is 1. The van der Waals surface area contributed by atoms with E-state index < -0.39 is 0 Å². The van der Waals surface area contributed by atoms with Gasteiger partial charge in [-0.3, -0.25) is 4.79 Å². The molecule has 1 heterocycles. The number of carbonyl (C=O) groups excluding carboxylic acids is 1. The van der Waals surface area contributed by atoms with Crippen molar-refractivity contribution in [1.82, 2.24) is 4.98 Å². The minimum atomic E-state index is -0.137. The first kappa shape index (κ1) is 14.5. The normalized spacial score (nSPS) is 10.3. The number of aryl methyl sites for hydroxylation is 2. The van der Waals surface area contributed by atoms with Gasteiger partial charge < -0.3 is 5.32 Å². The van der Waals surface area contributed by atoms with Crippen molar-refractivity contribution < 1.29 is 4.79 Å². The predicted molar refractivity (Wildman–Crippen MR) is 88.5 cm³/mol. The molecule has 0 fully saturated rings. The second kappa shape index (κ2) is 6.00. The average molecular weight is 431 g/mol. The van der Waals surface area contributed by atoms with Gasteiger partial charge in [0, 0.05) is 14.2 Å². The van der Waals surface area contributed by atoms with Crippen molar-refractivity contribution in [3.8, 4) is 0 Å². The average Bonchev–Trinajstić information content (AvgIpc) is 2.37. The van der Waals surface area contributed by atoms with Crippen LogP contribution in [0.15, 0.2) is 34.9 Å². The number of amides is 1. The van der Waals surface area contributed by atoms with E-state index in [1.807, 2.05) is 38.1 Å². The van der Waals surface area contributed by atoms with Crippen LogP contribution in [-0.2, 0) is 0 Å². The zero-order chi connectivity index (χ0) is 14.0. The lowest BCUT2D eigenvalue weighted by atomic mass is 10.1. The van der Waals surface area contributed by atoms with Crippen molar-refractivity contribution in [2.75, 3.05) is 5.32 Å². The van der Waals surface area contributed by atoms with E-state index in [-0.39, 0.29) is 5.91 Å². The van der Waals surface area contributed by atoms with E-state index in [0.29, 0.717) is 11.4 Å². The fourth-order valence-corrected chi connectivity index (χ4v) is 2.44. The van der Waals surface area contributed by atoms with Crippen LogP contribution >= 0.6 is 38.5 Å². The second-order valence-electron chi connectivity index (χ2n) is 4.21. The molecule has 0 aliphatic rings. The summed E-state index contributed by atoms with van der Waals surface area (Å²) in [5, 5.41) is 2.82. The summed E-state index contributed by atoms with van der Waals surface area (Å²) in [7, 11) is 0. The summed E-state index contributed by atoms with van der Waals surface area (Å²) in [6, 6.07) is 7.52. The Kier molecular flexibility index (Phi) is 4.57. The van der Waals surface area contributed by atoms with Crippen molar-refractivity contribution >= 4 is 50.2 Å². The Bertz CT molecular complexity index is 643. The van der Waals surface area contributed by atoms with Gasteiger partial charge in [-0.25, -0.2) is 4.98 Å². The topological polar surface area (TPSA) is 42.0 Å². The van der Waals surface area contributed by atoms with Gasteiger partial charge in [0.15, 0.2) is 0 Å². The summed E-state index contributed by atoms with van der Waals surface area (Å²) in [4.78, 5) is 16.4. The van der Waals surface area contributed by atoms with Crippen LogP contribution in [-0.4, -0.2) is 10.9 Å². The third-order valence-electron chi connectivity index (χ3n) is 2.72. The number of anilines is 1. The van der Waals surface area contributed by atoms with Crippen LogP contribution in [0.1, 0.15) is 21.5 Å². The number of benzene rings is 1. The fourth-order valence-electron chi connectivity index (χ4n) is 1.61. The van der Waals surface area contributed by atoms with Crippen LogP contribution in [0, 0.1) is 17.4 Å². The van der Waals surface area contributed by atoms with E-state index in [1.54, 1.807) is 6.20 Å². The SMILES string of the molecule is Cc1cc(NC(=O)c2cccc(C)c2I)ncc1Br. The van der Waals surface area contributed by atoms with Crippen LogP contribution < -0.4 is 5.32 Å². The van der Waals surface area contributed by atoms with Crippen LogP contribution in [0.4, 0.5) is 5.82 Å². The highest BCUT2D eigenvalue weighted by atomic mass is 127. The van der Waals surface area contributed by atoms with E-state index in [4.69, 9.17) is 0 Å². The van der Waals surface area contributed by atoms with Crippen LogP contribution in [0.25, 0.3) is 0 Å². The van der Waals surface area contributed by atoms with E-state index in [2.05, 4.69) is 48.8 Å². The molecule has 0 saturated carbocycles. The monoisotopic (exact) mass is 430 g/mol. The highest BCUT2D eigenvalue weighted by molar-refractivity contribution is 14.1. The van der Waals surface area contributed by atoms with Gasteiger partial charge in [0.2, 0.25) is 0 Å². The molecule has 0 spiro atoms. The van der Waals surface area contributed by atoms with Gasteiger partial charge in [0.05, 0.1) is 5.56 Å². The Morgan fingerprint density at radius 1 is 1.32 bits per heavy atom. The first-order valence-corrected chi connectivity index (χ1v) is 7.55. The molecule has 2 aromatic rings. The number of pyridine rings is 1. The molecule has 0 saturated heterocycles. The molecule has 1 aromatic carbocycles. The van der Waals surface area contributed by atoms with Crippen LogP contribution in [0.3, 0.4) is 0 Å². The Morgan fingerprint density at radius 3 is 2.74 bits per heavy atom. The molecule has 3 nitrogen and oxygen atoms in total. The molecule has 1 aromatic heterocycles. The molecule has 19 heavy (non-hydrogen) atoms. The Hall–Kier alpha value is -0.950. The van der Waals surface area contributed by atoms with Gasteiger partial charge in [-0.2, -0.15) is 0 Å². The van der Waals surface area contributed by atoms with Gasteiger partial charge in [-0.15, -0.1) is 0 Å². The minimum absolute atomic E-state index is 0.137. The lowest BCUT2D eigenvalue weighted by Gasteiger charge is -2.08. The molecule has 0 radical (unpaired) electrons. The maximum atomic E-state index is 12.2.